The third kappa shape index (κ3) is 7.65. The number of hydrogen-bond donors (Lipinski definition) is 2. The van der Waals surface area contributed by atoms with Crippen molar-refractivity contribution >= 4 is 11.9 Å². The van der Waals surface area contributed by atoms with Gasteiger partial charge in [0.25, 0.3) is 0 Å². The lowest BCUT2D eigenvalue weighted by Gasteiger charge is -2.04. The van der Waals surface area contributed by atoms with Gasteiger partial charge < -0.3 is 10.2 Å². The molecule has 0 aromatic carbocycles. The molecule has 0 aliphatic rings. The highest BCUT2D eigenvalue weighted by Crippen LogP contribution is 2.12. The summed E-state index contributed by atoms with van der Waals surface area (Å²) >= 11 is 0. The minimum absolute atomic E-state index is 0.366. The highest BCUT2D eigenvalue weighted by atomic mass is 16.4. The van der Waals surface area contributed by atoms with Crippen LogP contribution in [0.25, 0.3) is 0 Å². The molecule has 0 spiro atoms. The van der Waals surface area contributed by atoms with E-state index in [1.807, 2.05) is 19.9 Å². The van der Waals surface area contributed by atoms with Crippen molar-refractivity contribution in [3.8, 4) is 0 Å². The second-order valence-corrected chi connectivity index (χ2v) is 4.67. The van der Waals surface area contributed by atoms with Crippen molar-refractivity contribution in [2.75, 3.05) is 0 Å². The van der Waals surface area contributed by atoms with Gasteiger partial charge in [0.15, 0.2) is 0 Å². The van der Waals surface area contributed by atoms with Crippen LogP contribution in [0.2, 0.25) is 0 Å². The Morgan fingerprint density at radius 2 is 1.72 bits per heavy atom. The zero-order valence-electron chi connectivity index (χ0n) is 11.3. The number of allylic oxidation sites excluding steroid dienone is 3. The van der Waals surface area contributed by atoms with Gasteiger partial charge in [0.1, 0.15) is 0 Å². The fourth-order valence-corrected chi connectivity index (χ4v) is 1.44. The molecule has 0 rings (SSSR count). The molecule has 0 heterocycles. The molecule has 1 atom stereocenters. The van der Waals surface area contributed by atoms with Gasteiger partial charge in [-0.25, -0.2) is 4.79 Å². The van der Waals surface area contributed by atoms with Gasteiger partial charge in [-0.15, -0.1) is 0 Å². The fourth-order valence-electron chi connectivity index (χ4n) is 1.44. The van der Waals surface area contributed by atoms with Crippen LogP contribution in [0.15, 0.2) is 23.3 Å². The molecule has 4 nitrogen and oxygen atoms in total. The van der Waals surface area contributed by atoms with E-state index in [-0.39, 0.29) is 0 Å². The van der Waals surface area contributed by atoms with E-state index in [1.54, 1.807) is 13.0 Å². The van der Waals surface area contributed by atoms with Crippen molar-refractivity contribution in [3.63, 3.8) is 0 Å². The second kappa shape index (κ2) is 8.50. The molecule has 0 aliphatic carbocycles. The molecule has 0 saturated carbocycles. The van der Waals surface area contributed by atoms with Gasteiger partial charge in [-0.05, 0) is 39.5 Å². The molecular weight excluding hydrogens is 232 g/mol. The van der Waals surface area contributed by atoms with E-state index >= 15 is 0 Å². The fraction of sp³-hybridized carbons (Fsp3) is 0.571. The van der Waals surface area contributed by atoms with Gasteiger partial charge in [0.05, 0.1) is 5.92 Å². The SMILES string of the molecule is CC(C)=CCC/C(=C/CCC(C)C(=O)O)C(=O)O. The van der Waals surface area contributed by atoms with E-state index in [0.29, 0.717) is 31.3 Å². The van der Waals surface area contributed by atoms with Crippen LogP contribution in [-0.4, -0.2) is 22.2 Å². The Morgan fingerprint density at radius 3 is 2.17 bits per heavy atom. The average Bonchev–Trinajstić information content (AvgIpc) is 2.25. The summed E-state index contributed by atoms with van der Waals surface area (Å²) in [6.45, 7) is 5.57. The monoisotopic (exact) mass is 254 g/mol. The summed E-state index contributed by atoms with van der Waals surface area (Å²) < 4.78 is 0. The molecule has 0 bridgehead atoms. The Balaban J connectivity index is 4.29. The first-order chi connectivity index (χ1) is 8.34. The molecule has 0 aliphatic heterocycles. The van der Waals surface area contributed by atoms with Gasteiger partial charge in [0.2, 0.25) is 0 Å². The van der Waals surface area contributed by atoms with E-state index in [9.17, 15) is 9.59 Å². The van der Waals surface area contributed by atoms with Crippen molar-refractivity contribution in [2.24, 2.45) is 5.92 Å². The normalized spacial score (nSPS) is 12.9. The summed E-state index contributed by atoms with van der Waals surface area (Å²) in [5, 5.41) is 17.7. The molecule has 0 radical (unpaired) electrons. The average molecular weight is 254 g/mol. The van der Waals surface area contributed by atoms with Gasteiger partial charge in [-0.2, -0.15) is 0 Å². The van der Waals surface area contributed by atoms with Crippen LogP contribution in [0.1, 0.15) is 46.5 Å². The minimum Gasteiger partial charge on any atom is -0.481 e. The van der Waals surface area contributed by atoms with Crippen LogP contribution in [0.4, 0.5) is 0 Å². The molecule has 1 unspecified atom stereocenters. The van der Waals surface area contributed by atoms with Crippen molar-refractivity contribution in [1.29, 1.82) is 0 Å². The number of carboxylic acids is 2. The van der Waals surface area contributed by atoms with Gasteiger partial charge >= 0.3 is 11.9 Å². The number of carbonyl (C=O) groups is 2. The van der Waals surface area contributed by atoms with E-state index in [2.05, 4.69) is 0 Å². The van der Waals surface area contributed by atoms with Crippen LogP contribution >= 0.6 is 0 Å². The summed E-state index contributed by atoms with van der Waals surface area (Å²) in [5.74, 6) is -2.20. The summed E-state index contributed by atoms with van der Waals surface area (Å²) in [6, 6.07) is 0. The maximum absolute atomic E-state index is 11.0. The Morgan fingerprint density at radius 1 is 1.11 bits per heavy atom. The number of aliphatic carboxylic acids is 2. The maximum Gasteiger partial charge on any atom is 0.331 e. The Bertz CT molecular complexity index is 349. The zero-order valence-corrected chi connectivity index (χ0v) is 11.3. The first-order valence-electron chi connectivity index (χ1n) is 6.13. The van der Waals surface area contributed by atoms with Gasteiger partial charge in [-0.1, -0.05) is 24.6 Å². The molecule has 4 heteroatoms. The standard InChI is InChI=1S/C14H22O4/c1-10(2)6-4-8-12(14(17)18)9-5-7-11(3)13(15)16/h6,9,11H,4-5,7-8H2,1-3H3,(H,15,16)(H,17,18)/b12-9-. The molecular formula is C14H22O4. The minimum atomic E-state index is -0.917. The number of rotatable bonds is 8. The smallest absolute Gasteiger partial charge is 0.331 e. The predicted octanol–water partition coefficient (Wildman–Crippen LogP) is 3.24. The third-order valence-electron chi connectivity index (χ3n) is 2.65. The Labute approximate surface area is 108 Å². The van der Waals surface area contributed by atoms with Crippen LogP contribution in [-0.2, 0) is 9.59 Å². The van der Waals surface area contributed by atoms with E-state index in [0.717, 1.165) is 0 Å². The van der Waals surface area contributed by atoms with Crippen LogP contribution in [0.5, 0.6) is 0 Å². The molecule has 0 fully saturated rings. The molecule has 0 aromatic heterocycles. The summed E-state index contributed by atoms with van der Waals surface area (Å²) in [4.78, 5) is 21.6. The van der Waals surface area contributed by atoms with Crippen LogP contribution in [0, 0.1) is 5.92 Å². The van der Waals surface area contributed by atoms with Crippen molar-refractivity contribution < 1.29 is 19.8 Å². The van der Waals surface area contributed by atoms with Crippen LogP contribution in [0.3, 0.4) is 0 Å². The lowest BCUT2D eigenvalue weighted by molar-refractivity contribution is -0.141. The highest BCUT2D eigenvalue weighted by Gasteiger charge is 2.10. The van der Waals surface area contributed by atoms with Crippen molar-refractivity contribution in [3.05, 3.63) is 23.3 Å². The first-order valence-corrected chi connectivity index (χ1v) is 6.13. The lowest BCUT2D eigenvalue weighted by Crippen LogP contribution is -2.09. The van der Waals surface area contributed by atoms with Crippen LogP contribution < -0.4 is 0 Å². The largest absolute Gasteiger partial charge is 0.481 e. The predicted molar refractivity (Wildman–Crippen MR) is 70.4 cm³/mol. The Hall–Kier alpha value is -1.58. The number of carboxylic acid groups (broad SMARTS) is 2. The third-order valence-corrected chi connectivity index (χ3v) is 2.65. The molecule has 18 heavy (non-hydrogen) atoms. The zero-order chi connectivity index (χ0) is 14.1. The second-order valence-electron chi connectivity index (χ2n) is 4.67. The molecule has 0 amide bonds. The summed E-state index contributed by atoms with van der Waals surface area (Å²) in [7, 11) is 0. The number of hydrogen-bond acceptors (Lipinski definition) is 2. The Kier molecular flexibility index (Phi) is 7.76. The van der Waals surface area contributed by atoms with Crippen molar-refractivity contribution in [2.45, 2.75) is 46.5 Å². The highest BCUT2D eigenvalue weighted by molar-refractivity contribution is 5.86. The molecule has 0 aromatic rings. The topological polar surface area (TPSA) is 74.6 Å². The van der Waals surface area contributed by atoms with Gasteiger partial charge in [-0.3, -0.25) is 4.79 Å². The maximum atomic E-state index is 11.0. The van der Waals surface area contributed by atoms with Crippen molar-refractivity contribution in [1.82, 2.24) is 0 Å². The van der Waals surface area contributed by atoms with E-state index in [4.69, 9.17) is 10.2 Å². The summed E-state index contributed by atoms with van der Waals surface area (Å²) in [6.07, 6.45) is 5.78. The van der Waals surface area contributed by atoms with E-state index in [1.165, 1.54) is 5.57 Å². The van der Waals surface area contributed by atoms with Gasteiger partial charge in [0, 0.05) is 5.57 Å². The first kappa shape index (κ1) is 16.4. The summed E-state index contributed by atoms with van der Waals surface area (Å²) in [5.41, 5.74) is 1.53. The molecule has 2 N–H and O–H groups in total. The lowest BCUT2D eigenvalue weighted by atomic mass is 10.0. The molecule has 102 valence electrons. The van der Waals surface area contributed by atoms with E-state index < -0.39 is 17.9 Å². The molecule has 0 saturated heterocycles. The quantitative estimate of drug-likeness (QED) is 0.515.